The van der Waals surface area contributed by atoms with Crippen molar-refractivity contribution in [2.75, 3.05) is 29.4 Å². The van der Waals surface area contributed by atoms with Crippen LogP contribution in [0.1, 0.15) is 11.3 Å². The van der Waals surface area contributed by atoms with Gasteiger partial charge in [0.15, 0.2) is 11.0 Å². The lowest BCUT2D eigenvalue weighted by molar-refractivity contribution is -0.135. The van der Waals surface area contributed by atoms with E-state index >= 15 is 0 Å². The molecule has 4 rings (SSSR count). The SMILES string of the molecule is N/C(=N\NCC(=O)O)c1cnc(N2CC3CC2CN3c2cccc(Cl)c2)s1. The van der Waals surface area contributed by atoms with Crippen LogP contribution in [-0.4, -0.2) is 53.6 Å². The number of aliphatic carboxylic acids is 1. The molecule has 142 valence electrons. The van der Waals surface area contributed by atoms with Gasteiger partial charge >= 0.3 is 5.97 Å². The highest BCUT2D eigenvalue weighted by molar-refractivity contribution is 7.17. The lowest BCUT2D eigenvalue weighted by atomic mass is 10.2. The first kappa shape index (κ1) is 17.9. The summed E-state index contributed by atoms with van der Waals surface area (Å²) in [5, 5.41) is 14.2. The van der Waals surface area contributed by atoms with Gasteiger partial charge < -0.3 is 20.6 Å². The van der Waals surface area contributed by atoms with Crippen molar-refractivity contribution in [1.29, 1.82) is 0 Å². The van der Waals surface area contributed by atoms with E-state index in [2.05, 4.69) is 31.4 Å². The molecule has 0 radical (unpaired) electrons. The quantitative estimate of drug-likeness (QED) is 0.379. The molecule has 1 aromatic heterocycles. The van der Waals surface area contributed by atoms with Crippen LogP contribution >= 0.6 is 22.9 Å². The van der Waals surface area contributed by atoms with E-state index in [0.717, 1.165) is 40.2 Å². The third-order valence-electron chi connectivity index (χ3n) is 4.80. The molecule has 2 atom stereocenters. The van der Waals surface area contributed by atoms with E-state index < -0.39 is 5.97 Å². The molecule has 0 aliphatic carbocycles. The summed E-state index contributed by atoms with van der Waals surface area (Å²) < 4.78 is 0. The van der Waals surface area contributed by atoms with Crippen molar-refractivity contribution >= 4 is 45.6 Å². The Balaban J connectivity index is 1.42. The summed E-state index contributed by atoms with van der Waals surface area (Å²) in [4.78, 5) is 20.5. The lowest BCUT2D eigenvalue weighted by Gasteiger charge is -2.35. The topological polar surface area (TPSA) is 107 Å². The summed E-state index contributed by atoms with van der Waals surface area (Å²) >= 11 is 7.60. The number of thiazole rings is 1. The number of benzene rings is 1. The number of hydrogen-bond acceptors (Lipinski definition) is 7. The Labute approximate surface area is 165 Å². The largest absolute Gasteiger partial charge is 0.480 e. The first-order chi connectivity index (χ1) is 13.0. The van der Waals surface area contributed by atoms with Gasteiger partial charge in [0, 0.05) is 29.8 Å². The molecule has 1 aromatic carbocycles. The number of hydrazone groups is 1. The molecule has 0 amide bonds. The Hall–Kier alpha value is -2.52. The fourth-order valence-corrected chi connectivity index (χ4v) is 4.72. The minimum Gasteiger partial charge on any atom is -0.480 e. The summed E-state index contributed by atoms with van der Waals surface area (Å²) in [5.41, 5.74) is 9.50. The van der Waals surface area contributed by atoms with E-state index in [1.807, 2.05) is 18.2 Å². The predicted octanol–water partition coefficient (Wildman–Crippen LogP) is 1.56. The molecule has 2 aliphatic heterocycles. The smallest absolute Gasteiger partial charge is 0.324 e. The number of hydrogen-bond donors (Lipinski definition) is 3. The Morgan fingerprint density at radius 2 is 2.19 bits per heavy atom. The molecule has 2 bridgehead atoms. The average molecular weight is 407 g/mol. The highest BCUT2D eigenvalue weighted by atomic mass is 35.5. The fourth-order valence-electron chi connectivity index (χ4n) is 3.64. The predicted molar refractivity (Wildman–Crippen MR) is 107 cm³/mol. The summed E-state index contributed by atoms with van der Waals surface area (Å²) in [6, 6.07) is 8.81. The number of carbonyl (C=O) groups is 1. The van der Waals surface area contributed by atoms with E-state index in [-0.39, 0.29) is 12.4 Å². The van der Waals surface area contributed by atoms with Crippen LogP contribution in [0.2, 0.25) is 5.02 Å². The van der Waals surface area contributed by atoms with Crippen molar-refractivity contribution in [3.8, 4) is 0 Å². The number of nitrogens with two attached hydrogens (primary N) is 1. The third kappa shape index (κ3) is 3.65. The molecule has 4 N–H and O–H groups in total. The van der Waals surface area contributed by atoms with Gasteiger partial charge in [0.2, 0.25) is 0 Å². The normalized spacial score (nSPS) is 21.7. The van der Waals surface area contributed by atoms with Gasteiger partial charge in [-0.25, -0.2) is 4.98 Å². The number of rotatable bonds is 6. The highest BCUT2D eigenvalue weighted by Crippen LogP contribution is 2.39. The van der Waals surface area contributed by atoms with Crippen LogP contribution in [0.3, 0.4) is 0 Å². The average Bonchev–Trinajstić information content (AvgIpc) is 3.36. The molecule has 8 nitrogen and oxygen atoms in total. The summed E-state index contributed by atoms with van der Waals surface area (Å²) in [5.74, 6) is -0.751. The van der Waals surface area contributed by atoms with Crippen molar-refractivity contribution < 1.29 is 9.90 Å². The first-order valence-electron chi connectivity index (χ1n) is 8.54. The Morgan fingerprint density at radius 3 is 2.89 bits per heavy atom. The molecule has 0 spiro atoms. The number of amidine groups is 1. The number of halogens is 1. The molecular weight excluding hydrogens is 388 g/mol. The number of nitrogens with zero attached hydrogens (tertiary/aromatic N) is 4. The van der Waals surface area contributed by atoms with E-state index in [4.69, 9.17) is 22.4 Å². The maximum Gasteiger partial charge on any atom is 0.324 e. The number of fused-ring (bicyclic) bond motifs is 2. The van der Waals surface area contributed by atoms with E-state index in [1.54, 1.807) is 6.20 Å². The lowest BCUT2D eigenvalue weighted by Crippen LogP contribution is -2.46. The van der Waals surface area contributed by atoms with E-state index in [9.17, 15) is 4.79 Å². The summed E-state index contributed by atoms with van der Waals surface area (Å²) in [7, 11) is 0. The fraction of sp³-hybridized carbons (Fsp3) is 0.353. The van der Waals surface area contributed by atoms with Gasteiger partial charge in [-0.2, -0.15) is 5.10 Å². The number of anilines is 2. The number of carboxylic acid groups (broad SMARTS) is 1. The number of aromatic nitrogens is 1. The van der Waals surface area contributed by atoms with Crippen LogP contribution in [0.4, 0.5) is 10.8 Å². The standard InChI is InChI=1S/C17H19ClN6O2S/c18-10-2-1-3-11(4-10)23-8-13-5-12(23)9-24(13)17-20-6-14(27-17)16(19)22-21-7-15(25)26/h1-4,6,12-13,21H,5,7-9H2,(H2,19,22)(H,25,26). The van der Waals surface area contributed by atoms with Crippen LogP contribution in [0, 0.1) is 0 Å². The molecule has 3 heterocycles. The Bertz CT molecular complexity index is 888. The van der Waals surface area contributed by atoms with E-state index in [0.29, 0.717) is 12.1 Å². The van der Waals surface area contributed by atoms with Crippen molar-refractivity contribution in [2.45, 2.75) is 18.5 Å². The zero-order valence-electron chi connectivity index (χ0n) is 14.4. The van der Waals surface area contributed by atoms with Crippen molar-refractivity contribution in [2.24, 2.45) is 10.8 Å². The number of piperazine rings is 1. The van der Waals surface area contributed by atoms with Gasteiger partial charge in [0.25, 0.3) is 0 Å². The van der Waals surface area contributed by atoms with Crippen LogP contribution in [0.5, 0.6) is 0 Å². The van der Waals surface area contributed by atoms with Gasteiger partial charge in [-0.15, -0.1) is 0 Å². The first-order valence-corrected chi connectivity index (χ1v) is 9.73. The zero-order chi connectivity index (χ0) is 19.0. The maximum atomic E-state index is 10.5. The number of nitrogens with one attached hydrogen (secondary N) is 1. The molecule has 2 aromatic rings. The molecule has 10 heteroatoms. The molecule has 2 unspecified atom stereocenters. The molecule has 27 heavy (non-hydrogen) atoms. The van der Waals surface area contributed by atoms with Gasteiger partial charge in [0.05, 0.1) is 17.1 Å². The summed E-state index contributed by atoms with van der Waals surface area (Å²) in [6.07, 6.45) is 2.77. The summed E-state index contributed by atoms with van der Waals surface area (Å²) in [6.45, 7) is 1.56. The molecule has 2 aliphatic rings. The number of carboxylic acids is 1. The molecule has 2 saturated heterocycles. The van der Waals surface area contributed by atoms with E-state index in [1.165, 1.54) is 11.3 Å². The second kappa shape index (κ2) is 7.24. The van der Waals surface area contributed by atoms with Gasteiger partial charge in [0.1, 0.15) is 6.54 Å². The second-order valence-corrected chi connectivity index (χ2v) is 8.01. The van der Waals surface area contributed by atoms with Crippen LogP contribution in [0.15, 0.2) is 35.6 Å². The molecule has 0 saturated carbocycles. The minimum atomic E-state index is -0.992. The van der Waals surface area contributed by atoms with Crippen LogP contribution < -0.4 is 21.0 Å². The van der Waals surface area contributed by atoms with Crippen molar-refractivity contribution in [3.63, 3.8) is 0 Å². The third-order valence-corrected chi connectivity index (χ3v) is 6.09. The highest BCUT2D eigenvalue weighted by Gasteiger charge is 2.44. The van der Waals surface area contributed by atoms with Gasteiger partial charge in [-0.3, -0.25) is 10.2 Å². The van der Waals surface area contributed by atoms with Gasteiger partial charge in [-0.05, 0) is 24.6 Å². The monoisotopic (exact) mass is 406 g/mol. The van der Waals surface area contributed by atoms with Crippen LogP contribution in [0.25, 0.3) is 0 Å². The van der Waals surface area contributed by atoms with Crippen molar-refractivity contribution in [1.82, 2.24) is 10.4 Å². The Morgan fingerprint density at radius 1 is 1.41 bits per heavy atom. The van der Waals surface area contributed by atoms with Crippen molar-refractivity contribution in [3.05, 3.63) is 40.4 Å². The van der Waals surface area contributed by atoms with Gasteiger partial charge in [-0.1, -0.05) is 29.0 Å². The zero-order valence-corrected chi connectivity index (χ0v) is 16.0. The maximum absolute atomic E-state index is 10.5. The Kier molecular flexibility index (Phi) is 4.79. The molecular formula is C17H19ClN6O2S. The van der Waals surface area contributed by atoms with Crippen LogP contribution in [-0.2, 0) is 4.79 Å². The molecule has 2 fully saturated rings. The second-order valence-electron chi connectivity index (χ2n) is 6.56. The minimum absolute atomic E-state index is 0.241.